The van der Waals surface area contributed by atoms with Gasteiger partial charge in [0.1, 0.15) is 0 Å². The minimum atomic E-state index is -0.749. The Morgan fingerprint density at radius 1 is 0.929 bits per heavy atom. The van der Waals surface area contributed by atoms with Crippen LogP contribution in [-0.2, 0) is 10.2 Å². The van der Waals surface area contributed by atoms with Crippen molar-refractivity contribution < 1.29 is 33.3 Å². The largest absolute Gasteiger partial charge is 1.00 e. The van der Waals surface area contributed by atoms with Crippen LogP contribution in [0.4, 0.5) is 0 Å². The third-order valence-electron chi connectivity index (χ3n) is 7.47. The fourth-order valence-corrected chi connectivity index (χ4v) is 5.83. The van der Waals surface area contributed by atoms with Gasteiger partial charge in [-0.2, -0.15) is 0 Å². The minimum Gasteiger partial charge on any atom is -1.00 e. The maximum atomic E-state index is 13.0. The molecule has 2 aromatic rings. The molecule has 0 radical (unpaired) electrons. The lowest BCUT2D eigenvalue weighted by Gasteiger charge is -2.46. The molecule has 150 valence electrons. The predicted octanol–water partition coefficient (Wildman–Crippen LogP) is 0.870. The number of nitrogens with two attached hydrogens (primary N) is 1. The van der Waals surface area contributed by atoms with Crippen LogP contribution in [0.25, 0.3) is 0 Å². The first-order valence-electron chi connectivity index (χ1n) is 10.2. The number of primary amides is 1. The van der Waals surface area contributed by atoms with Gasteiger partial charge >= 0.3 is 0 Å². The molecule has 0 aromatic heterocycles. The van der Waals surface area contributed by atoms with E-state index in [1.54, 1.807) is 0 Å². The molecular weight excluding hydrogens is 459 g/mol. The number of carbonyl (C=O) groups excluding carboxylic acids is 1. The predicted molar refractivity (Wildman–Crippen MR) is 109 cm³/mol. The number of hydrogen-bond donors (Lipinski definition) is 1. The van der Waals surface area contributed by atoms with Gasteiger partial charge in [-0.05, 0) is 23.5 Å². The van der Waals surface area contributed by atoms with Crippen LogP contribution < -0.4 is 29.7 Å². The number of hydrogen-bond acceptors (Lipinski definition) is 1. The van der Waals surface area contributed by atoms with Gasteiger partial charge in [-0.3, -0.25) is 4.79 Å². The SMILES string of the molecule is C[N+]1(C)C2CCC1CC(CC(C(N)=O)(c1ccccc1)c1ccccc1)C2.[I-]. The zero-order chi connectivity index (χ0) is 19.1. The number of amides is 1. The molecule has 1 amide bonds. The van der Waals surface area contributed by atoms with Crippen molar-refractivity contribution in [1.82, 2.24) is 0 Å². The molecular formula is C24H31IN2O. The molecule has 2 N–H and O–H groups in total. The summed E-state index contributed by atoms with van der Waals surface area (Å²) in [5.41, 5.74) is 7.45. The molecule has 2 bridgehead atoms. The third-order valence-corrected chi connectivity index (χ3v) is 7.47. The average molecular weight is 490 g/mol. The molecule has 2 saturated heterocycles. The van der Waals surface area contributed by atoms with Gasteiger partial charge in [-0.15, -0.1) is 0 Å². The van der Waals surface area contributed by atoms with Crippen molar-refractivity contribution in [3.05, 3.63) is 71.8 Å². The van der Waals surface area contributed by atoms with E-state index < -0.39 is 5.41 Å². The lowest BCUT2D eigenvalue weighted by atomic mass is 9.66. The van der Waals surface area contributed by atoms with Crippen LogP contribution in [0.15, 0.2) is 60.7 Å². The Morgan fingerprint density at radius 3 is 1.75 bits per heavy atom. The summed E-state index contributed by atoms with van der Waals surface area (Å²) in [5, 5.41) is 0. The van der Waals surface area contributed by atoms with Crippen molar-refractivity contribution >= 4 is 5.91 Å². The van der Waals surface area contributed by atoms with E-state index in [0.29, 0.717) is 18.0 Å². The highest BCUT2D eigenvalue weighted by molar-refractivity contribution is 5.90. The second-order valence-electron chi connectivity index (χ2n) is 9.06. The Bertz CT molecular complexity index is 750. The van der Waals surface area contributed by atoms with Crippen molar-refractivity contribution in [1.29, 1.82) is 0 Å². The quantitative estimate of drug-likeness (QED) is 0.491. The topological polar surface area (TPSA) is 43.1 Å². The van der Waals surface area contributed by atoms with E-state index in [1.165, 1.54) is 25.7 Å². The molecule has 2 fully saturated rings. The molecule has 4 rings (SSSR count). The van der Waals surface area contributed by atoms with E-state index in [2.05, 4.69) is 38.4 Å². The smallest absolute Gasteiger partial charge is 0.232 e. The standard InChI is InChI=1S/C24H30N2O.HI/c1-26(2)21-13-14-22(26)16-18(15-21)17-24(23(25)27,19-9-5-3-6-10-19)20-11-7-4-8-12-20;/h3-12,18,21-22H,13-17H2,1-2H3,(H-,25,27);1H. The number of piperidine rings is 1. The first-order valence-corrected chi connectivity index (χ1v) is 10.2. The molecule has 2 aromatic carbocycles. The third kappa shape index (κ3) is 3.50. The number of quaternary nitrogens is 1. The second kappa shape index (κ2) is 8.15. The van der Waals surface area contributed by atoms with E-state index in [9.17, 15) is 4.79 Å². The van der Waals surface area contributed by atoms with E-state index in [4.69, 9.17) is 5.73 Å². The summed E-state index contributed by atoms with van der Waals surface area (Å²) in [6.45, 7) is 0. The van der Waals surface area contributed by atoms with Gasteiger partial charge in [0.15, 0.2) is 0 Å². The minimum absolute atomic E-state index is 0. The lowest BCUT2D eigenvalue weighted by Crippen LogP contribution is -3.00. The maximum absolute atomic E-state index is 13.0. The van der Waals surface area contributed by atoms with Crippen molar-refractivity contribution in [3.63, 3.8) is 0 Å². The molecule has 0 saturated carbocycles. The van der Waals surface area contributed by atoms with Crippen molar-refractivity contribution in [2.75, 3.05) is 14.1 Å². The van der Waals surface area contributed by atoms with Gasteiger partial charge in [0, 0.05) is 25.7 Å². The molecule has 0 spiro atoms. The Balaban J connectivity index is 0.00000225. The van der Waals surface area contributed by atoms with Gasteiger partial charge in [0.05, 0.1) is 31.6 Å². The maximum Gasteiger partial charge on any atom is 0.232 e. The molecule has 28 heavy (non-hydrogen) atoms. The highest BCUT2D eigenvalue weighted by Crippen LogP contribution is 2.47. The van der Waals surface area contributed by atoms with Gasteiger partial charge < -0.3 is 34.2 Å². The van der Waals surface area contributed by atoms with Crippen LogP contribution in [0.5, 0.6) is 0 Å². The van der Waals surface area contributed by atoms with Gasteiger partial charge in [-0.25, -0.2) is 0 Å². The Kier molecular flexibility index (Phi) is 6.20. The fraction of sp³-hybridized carbons (Fsp3) is 0.458. The summed E-state index contributed by atoms with van der Waals surface area (Å²) in [5.74, 6) is 0.299. The Labute approximate surface area is 185 Å². The van der Waals surface area contributed by atoms with Crippen LogP contribution in [0.1, 0.15) is 43.2 Å². The molecule has 2 aliphatic rings. The lowest BCUT2D eigenvalue weighted by molar-refractivity contribution is -0.931. The number of carbonyl (C=O) groups is 1. The van der Waals surface area contributed by atoms with Gasteiger partial charge in [-0.1, -0.05) is 60.7 Å². The van der Waals surface area contributed by atoms with Crippen LogP contribution in [0.3, 0.4) is 0 Å². The first kappa shape index (κ1) is 21.3. The zero-order valence-electron chi connectivity index (χ0n) is 16.9. The fourth-order valence-electron chi connectivity index (χ4n) is 5.83. The number of fused-ring (bicyclic) bond motifs is 2. The molecule has 2 unspecified atom stereocenters. The Morgan fingerprint density at radius 2 is 1.36 bits per heavy atom. The molecule has 0 aliphatic carbocycles. The number of halogens is 1. The molecule has 4 heteroatoms. The van der Waals surface area contributed by atoms with E-state index in [1.807, 2.05) is 36.4 Å². The Hall–Kier alpha value is -1.40. The summed E-state index contributed by atoms with van der Waals surface area (Å²) in [6.07, 6.45) is 5.82. The summed E-state index contributed by atoms with van der Waals surface area (Å²) in [7, 11) is 4.77. The van der Waals surface area contributed by atoms with Gasteiger partial charge in [0.2, 0.25) is 5.91 Å². The van der Waals surface area contributed by atoms with Gasteiger partial charge in [0.25, 0.3) is 0 Å². The van der Waals surface area contributed by atoms with E-state index in [0.717, 1.165) is 22.0 Å². The van der Waals surface area contributed by atoms with Crippen LogP contribution in [0.2, 0.25) is 0 Å². The highest BCUT2D eigenvalue weighted by atomic mass is 127. The second-order valence-corrected chi connectivity index (χ2v) is 9.06. The summed E-state index contributed by atoms with van der Waals surface area (Å²) < 4.78 is 1.15. The van der Waals surface area contributed by atoms with Crippen LogP contribution in [-0.4, -0.2) is 36.6 Å². The van der Waals surface area contributed by atoms with Crippen molar-refractivity contribution in [2.45, 2.75) is 49.6 Å². The van der Waals surface area contributed by atoms with E-state index in [-0.39, 0.29) is 29.9 Å². The van der Waals surface area contributed by atoms with E-state index >= 15 is 0 Å². The van der Waals surface area contributed by atoms with Crippen LogP contribution in [0, 0.1) is 5.92 Å². The molecule has 2 heterocycles. The van der Waals surface area contributed by atoms with Crippen LogP contribution >= 0.6 is 0 Å². The number of nitrogens with zero attached hydrogens (tertiary/aromatic N) is 1. The summed E-state index contributed by atoms with van der Waals surface area (Å²) in [4.78, 5) is 13.0. The normalized spacial score (nSPS) is 25.7. The number of rotatable bonds is 5. The highest BCUT2D eigenvalue weighted by Gasteiger charge is 2.51. The zero-order valence-corrected chi connectivity index (χ0v) is 19.0. The summed E-state index contributed by atoms with van der Waals surface area (Å²) in [6, 6.07) is 21.7. The summed E-state index contributed by atoms with van der Waals surface area (Å²) >= 11 is 0. The molecule has 2 aliphatic heterocycles. The average Bonchev–Trinajstić information content (AvgIpc) is 2.85. The first-order chi connectivity index (χ1) is 12.9. The van der Waals surface area contributed by atoms with Crippen molar-refractivity contribution in [3.8, 4) is 0 Å². The van der Waals surface area contributed by atoms with Crippen molar-refractivity contribution in [2.24, 2.45) is 11.7 Å². The monoisotopic (exact) mass is 490 g/mol. The molecule has 3 nitrogen and oxygen atoms in total. The molecule has 2 atom stereocenters. The number of benzene rings is 2.